The fourth-order valence-corrected chi connectivity index (χ4v) is 2.84. The average molecular weight is 278 g/mol. The van der Waals surface area contributed by atoms with E-state index in [-0.39, 0.29) is 6.61 Å². The Kier molecular flexibility index (Phi) is 6.47. The van der Waals surface area contributed by atoms with E-state index < -0.39 is 0 Å². The van der Waals surface area contributed by atoms with Crippen LogP contribution < -0.4 is 5.32 Å². The molecule has 1 aromatic carbocycles. The molecular formula is C16H26N2O2. The monoisotopic (exact) mass is 278 g/mol. The quantitative estimate of drug-likeness (QED) is 0.754. The van der Waals surface area contributed by atoms with E-state index in [0.29, 0.717) is 12.6 Å². The number of nitrogens with one attached hydrogen (secondary N) is 1. The van der Waals surface area contributed by atoms with Crippen molar-refractivity contribution in [3.8, 4) is 0 Å². The molecule has 1 heterocycles. The Labute approximate surface area is 121 Å². The largest absolute Gasteiger partial charge is 0.395 e. The van der Waals surface area contributed by atoms with Crippen molar-refractivity contribution in [2.45, 2.75) is 32.0 Å². The second kappa shape index (κ2) is 8.37. The normalized spacial score (nSPS) is 18.9. The molecule has 0 bridgehead atoms. The predicted octanol–water partition coefficient (Wildman–Crippen LogP) is 1.38. The molecule has 20 heavy (non-hydrogen) atoms. The van der Waals surface area contributed by atoms with Gasteiger partial charge in [-0.25, -0.2) is 0 Å². The summed E-state index contributed by atoms with van der Waals surface area (Å²) in [5.74, 6) is 0. The van der Waals surface area contributed by atoms with Gasteiger partial charge in [-0.3, -0.25) is 4.90 Å². The molecule has 2 rings (SSSR count). The lowest BCUT2D eigenvalue weighted by molar-refractivity contribution is 0.177. The standard InChI is InChI=1S/C16H26N2O2/c1-20-13-15-5-2-4-14(10-15)11-18(8-9-19)12-16-6-3-7-17-16/h2,4-5,10,16-17,19H,3,6-9,11-13H2,1H3. The Morgan fingerprint density at radius 3 is 2.95 bits per heavy atom. The molecule has 0 aromatic heterocycles. The summed E-state index contributed by atoms with van der Waals surface area (Å²) < 4.78 is 5.18. The number of rotatable bonds is 8. The molecule has 1 saturated heterocycles. The zero-order valence-electron chi connectivity index (χ0n) is 12.3. The van der Waals surface area contributed by atoms with Gasteiger partial charge in [0.25, 0.3) is 0 Å². The van der Waals surface area contributed by atoms with Crippen LogP contribution in [0, 0.1) is 0 Å². The maximum Gasteiger partial charge on any atom is 0.0713 e. The van der Waals surface area contributed by atoms with Gasteiger partial charge >= 0.3 is 0 Å². The summed E-state index contributed by atoms with van der Waals surface area (Å²) in [5.41, 5.74) is 2.49. The van der Waals surface area contributed by atoms with E-state index in [1.165, 1.54) is 24.0 Å². The molecule has 0 radical (unpaired) electrons. The number of benzene rings is 1. The second-order valence-corrected chi connectivity index (χ2v) is 5.50. The predicted molar refractivity (Wildman–Crippen MR) is 80.5 cm³/mol. The highest BCUT2D eigenvalue weighted by Gasteiger charge is 2.17. The minimum absolute atomic E-state index is 0.213. The molecule has 4 heteroatoms. The zero-order valence-corrected chi connectivity index (χ0v) is 12.3. The van der Waals surface area contributed by atoms with Crippen molar-refractivity contribution in [2.75, 3.05) is 33.4 Å². The first kappa shape index (κ1) is 15.4. The minimum Gasteiger partial charge on any atom is -0.395 e. The molecule has 0 amide bonds. The summed E-state index contributed by atoms with van der Waals surface area (Å²) in [7, 11) is 1.72. The Balaban J connectivity index is 1.93. The van der Waals surface area contributed by atoms with E-state index in [1.807, 2.05) is 0 Å². The van der Waals surface area contributed by atoms with Gasteiger partial charge in [-0.2, -0.15) is 0 Å². The van der Waals surface area contributed by atoms with Crippen LogP contribution in [0.4, 0.5) is 0 Å². The lowest BCUT2D eigenvalue weighted by Gasteiger charge is -2.25. The Bertz CT molecular complexity index is 392. The van der Waals surface area contributed by atoms with Crippen molar-refractivity contribution in [3.05, 3.63) is 35.4 Å². The van der Waals surface area contributed by atoms with Crippen molar-refractivity contribution in [1.82, 2.24) is 10.2 Å². The van der Waals surface area contributed by atoms with Crippen molar-refractivity contribution in [1.29, 1.82) is 0 Å². The highest BCUT2D eigenvalue weighted by atomic mass is 16.5. The van der Waals surface area contributed by atoms with Crippen molar-refractivity contribution in [3.63, 3.8) is 0 Å². The highest BCUT2D eigenvalue weighted by molar-refractivity contribution is 5.23. The van der Waals surface area contributed by atoms with Gasteiger partial charge in [0, 0.05) is 32.8 Å². The van der Waals surface area contributed by atoms with Crippen LogP contribution >= 0.6 is 0 Å². The molecule has 112 valence electrons. The molecular weight excluding hydrogens is 252 g/mol. The third kappa shape index (κ3) is 4.87. The average Bonchev–Trinajstić information content (AvgIpc) is 2.93. The summed E-state index contributed by atoms with van der Waals surface area (Å²) >= 11 is 0. The van der Waals surface area contributed by atoms with Gasteiger partial charge in [-0.15, -0.1) is 0 Å². The van der Waals surface area contributed by atoms with Crippen molar-refractivity contribution in [2.24, 2.45) is 0 Å². The first-order valence-corrected chi connectivity index (χ1v) is 7.45. The smallest absolute Gasteiger partial charge is 0.0713 e. The molecule has 4 nitrogen and oxygen atoms in total. The molecule has 0 saturated carbocycles. The zero-order chi connectivity index (χ0) is 14.2. The fraction of sp³-hybridized carbons (Fsp3) is 0.625. The first-order chi connectivity index (χ1) is 9.81. The van der Waals surface area contributed by atoms with E-state index in [1.54, 1.807) is 7.11 Å². The summed E-state index contributed by atoms with van der Waals surface area (Å²) in [5, 5.41) is 12.8. The van der Waals surface area contributed by atoms with Gasteiger partial charge in [-0.1, -0.05) is 24.3 Å². The van der Waals surface area contributed by atoms with Crippen molar-refractivity contribution >= 4 is 0 Å². The maximum atomic E-state index is 9.25. The van der Waals surface area contributed by atoms with E-state index in [2.05, 4.69) is 34.5 Å². The molecule has 1 unspecified atom stereocenters. The summed E-state index contributed by atoms with van der Waals surface area (Å²) in [4.78, 5) is 2.33. The van der Waals surface area contributed by atoms with Crippen molar-refractivity contribution < 1.29 is 9.84 Å². The Hall–Kier alpha value is -0.940. The molecule has 0 spiro atoms. The number of aliphatic hydroxyl groups excluding tert-OH is 1. The second-order valence-electron chi connectivity index (χ2n) is 5.50. The number of methoxy groups -OCH3 is 1. The van der Waals surface area contributed by atoms with Gasteiger partial charge in [0.15, 0.2) is 0 Å². The van der Waals surface area contributed by atoms with E-state index >= 15 is 0 Å². The Morgan fingerprint density at radius 1 is 1.40 bits per heavy atom. The first-order valence-electron chi connectivity index (χ1n) is 7.45. The van der Waals surface area contributed by atoms with Crippen LogP contribution in [0.25, 0.3) is 0 Å². The third-order valence-corrected chi connectivity index (χ3v) is 3.77. The molecule has 1 aliphatic heterocycles. The lowest BCUT2D eigenvalue weighted by Crippen LogP contribution is -2.38. The van der Waals surface area contributed by atoms with E-state index in [0.717, 1.165) is 26.2 Å². The van der Waals surface area contributed by atoms with Crippen LogP contribution in [-0.4, -0.2) is 49.4 Å². The van der Waals surface area contributed by atoms with Crippen LogP contribution in [0.5, 0.6) is 0 Å². The van der Waals surface area contributed by atoms with Gasteiger partial charge < -0.3 is 15.2 Å². The number of aliphatic hydroxyl groups is 1. The van der Waals surface area contributed by atoms with Crippen LogP contribution in [0.2, 0.25) is 0 Å². The van der Waals surface area contributed by atoms with Crippen LogP contribution in [-0.2, 0) is 17.9 Å². The number of nitrogens with zero attached hydrogens (tertiary/aromatic N) is 1. The fourth-order valence-electron chi connectivity index (χ4n) is 2.84. The van der Waals surface area contributed by atoms with Crippen LogP contribution in [0.1, 0.15) is 24.0 Å². The summed E-state index contributed by atoms with van der Waals surface area (Å²) in [6.45, 7) is 4.61. The summed E-state index contributed by atoms with van der Waals surface area (Å²) in [6, 6.07) is 9.07. The summed E-state index contributed by atoms with van der Waals surface area (Å²) in [6.07, 6.45) is 2.51. The van der Waals surface area contributed by atoms with E-state index in [9.17, 15) is 5.11 Å². The molecule has 2 N–H and O–H groups in total. The molecule has 1 aliphatic rings. The van der Waals surface area contributed by atoms with Gasteiger partial charge in [0.05, 0.1) is 13.2 Å². The molecule has 1 fully saturated rings. The Morgan fingerprint density at radius 2 is 2.25 bits per heavy atom. The van der Waals surface area contributed by atoms with Crippen LogP contribution in [0.3, 0.4) is 0 Å². The molecule has 0 aliphatic carbocycles. The van der Waals surface area contributed by atoms with Gasteiger partial charge in [0.2, 0.25) is 0 Å². The number of hydrogen-bond acceptors (Lipinski definition) is 4. The minimum atomic E-state index is 0.213. The number of ether oxygens (including phenoxy) is 1. The van der Waals surface area contributed by atoms with E-state index in [4.69, 9.17) is 4.74 Å². The lowest BCUT2D eigenvalue weighted by atomic mass is 10.1. The molecule has 1 atom stereocenters. The topological polar surface area (TPSA) is 44.7 Å². The SMILES string of the molecule is COCc1cccc(CN(CCO)CC2CCCN2)c1. The van der Waals surface area contributed by atoms with Gasteiger partial charge in [-0.05, 0) is 30.5 Å². The van der Waals surface area contributed by atoms with Gasteiger partial charge in [0.1, 0.15) is 0 Å². The molecule has 1 aromatic rings. The van der Waals surface area contributed by atoms with Crippen LogP contribution in [0.15, 0.2) is 24.3 Å². The number of hydrogen-bond donors (Lipinski definition) is 2. The maximum absolute atomic E-state index is 9.25. The highest BCUT2D eigenvalue weighted by Crippen LogP contribution is 2.12. The third-order valence-electron chi connectivity index (χ3n) is 3.77.